The Hall–Kier alpha value is -1.06. The van der Waals surface area contributed by atoms with Gasteiger partial charge in [0.05, 0.1) is 0 Å². The molecule has 6 atom stereocenters. The van der Waals surface area contributed by atoms with Crippen LogP contribution >= 0.6 is 0 Å². The van der Waals surface area contributed by atoms with Crippen LogP contribution in [-0.4, -0.2) is 30.9 Å². The van der Waals surface area contributed by atoms with Gasteiger partial charge in [0, 0.05) is 11.6 Å². The van der Waals surface area contributed by atoms with Crippen molar-refractivity contribution >= 4 is 0 Å². The zero-order chi connectivity index (χ0) is 17.5. The zero-order valence-electron chi connectivity index (χ0n) is 15.5. The van der Waals surface area contributed by atoms with Crippen LogP contribution in [0.1, 0.15) is 46.0 Å². The Morgan fingerprint density at radius 2 is 2.12 bits per heavy atom. The molecule has 2 aliphatic carbocycles. The Morgan fingerprint density at radius 3 is 2.75 bits per heavy atom. The summed E-state index contributed by atoms with van der Waals surface area (Å²) in [6.07, 6.45) is 7.48. The van der Waals surface area contributed by atoms with Gasteiger partial charge in [-0.2, -0.15) is 0 Å². The van der Waals surface area contributed by atoms with Crippen LogP contribution in [0, 0.1) is 23.2 Å². The normalized spacial score (nSPS) is 44.5. The Morgan fingerprint density at radius 1 is 1.38 bits per heavy atom. The predicted molar refractivity (Wildman–Crippen MR) is 98.5 cm³/mol. The third-order valence-electron chi connectivity index (χ3n) is 7.22. The quantitative estimate of drug-likeness (QED) is 0.773. The number of nitrogens with one attached hydrogen (secondary N) is 1. The molecule has 0 amide bonds. The maximum atomic E-state index is 10.1. The van der Waals surface area contributed by atoms with Gasteiger partial charge in [-0.3, -0.25) is 0 Å². The Balaban J connectivity index is 1.82. The summed E-state index contributed by atoms with van der Waals surface area (Å²) in [5.41, 5.74) is 2.58. The van der Waals surface area contributed by atoms with Crippen LogP contribution in [0.15, 0.2) is 36.1 Å². The van der Waals surface area contributed by atoms with Gasteiger partial charge < -0.3 is 15.2 Å². The average molecular weight is 332 g/mol. The summed E-state index contributed by atoms with van der Waals surface area (Å²) in [5, 5.41) is 13.6. The number of rotatable bonds is 3. The second-order valence-electron chi connectivity index (χ2n) is 8.30. The molecule has 134 valence electrons. The van der Waals surface area contributed by atoms with E-state index in [1.54, 1.807) is 0 Å². The zero-order valence-corrected chi connectivity index (χ0v) is 15.5. The number of hydrogen-bond acceptors (Lipinski definition) is 3. The van der Waals surface area contributed by atoms with Crippen LogP contribution in [0.25, 0.3) is 0 Å². The third kappa shape index (κ3) is 2.86. The molecule has 0 unspecified atom stereocenters. The van der Waals surface area contributed by atoms with Crippen molar-refractivity contribution in [2.24, 2.45) is 23.2 Å². The van der Waals surface area contributed by atoms with E-state index < -0.39 is 6.10 Å². The smallest absolute Gasteiger partial charge is 0.118 e. The molecule has 2 N–H and O–H groups in total. The van der Waals surface area contributed by atoms with Gasteiger partial charge in [0.2, 0.25) is 0 Å². The topological polar surface area (TPSA) is 41.5 Å². The monoisotopic (exact) mass is 331 g/mol. The fourth-order valence-electron chi connectivity index (χ4n) is 5.68. The summed E-state index contributed by atoms with van der Waals surface area (Å²) in [6.45, 7) is 13.6. The van der Waals surface area contributed by atoms with Gasteiger partial charge in [-0.25, -0.2) is 0 Å². The minimum absolute atomic E-state index is 0.310. The molecule has 3 rings (SSSR count). The lowest BCUT2D eigenvalue weighted by Crippen LogP contribution is -2.52. The molecule has 1 aliphatic heterocycles. The van der Waals surface area contributed by atoms with Crippen molar-refractivity contribution < 1.29 is 9.84 Å². The molecule has 0 bridgehead atoms. The number of fused-ring (bicyclic) bond motifs is 1. The SMILES string of the molecule is C=C1OC[C@@H](O)/C1=C\C[C@@H]1C(=C)CC[C@@H]2[C@@H](C)[C@H](NC)CC[C@@]12C. The van der Waals surface area contributed by atoms with E-state index in [1.165, 1.54) is 24.8 Å². The highest BCUT2D eigenvalue weighted by molar-refractivity contribution is 5.32. The summed E-state index contributed by atoms with van der Waals surface area (Å²) in [7, 11) is 2.10. The fourth-order valence-corrected chi connectivity index (χ4v) is 5.68. The van der Waals surface area contributed by atoms with E-state index in [0.29, 0.717) is 35.7 Å². The van der Waals surface area contributed by atoms with E-state index in [1.807, 2.05) is 0 Å². The van der Waals surface area contributed by atoms with Gasteiger partial charge in [-0.15, -0.1) is 0 Å². The van der Waals surface area contributed by atoms with Crippen molar-refractivity contribution in [1.29, 1.82) is 0 Å². The summed E-state index contributed by atoms with van der Waals surface area (Å²) < 4.78 is 5.38. The fraction of sp³-hybridized carbons (Fsp3) is 0.714. The van der Waals surface area contributed by atoms with Gasteiger partial charge in [0.15, 0.2) is 0 Å². The minimum atomic E-state index is -0.517. The Bertz CT molecular complexity index is 552. The molecule has 0 radical (unpaired) electrons. The predicted octanol–water partition coefficient (Wildman–Crippen LogP) is 3.81. The van der Waals surface area contributed by atoms with Crippen molar-refractivity contribution in [2.75, 3.05) is 13.7 Å². The van der Waals surface area contributed by atoms with E-state index in [-0.39, 0.29) is 0 Å². The molecule has 3 nitrogen and oxygen atoms in total. The van der Waals surface area contributed by atoms with Crippen LogP contribution in [-0.2, 0) is 4.74 Å². The highest BCUT2D eigenvalue weighted by Crippen LogP contribution is 2.57. The molecule has 1 saturated heterocycles. The molecule has 3 heteroatoms. The van der Waals surface area contributed by atoms with Crippen LogP contribution in [0.5, 0.6) is 0 Å². The lowest BCUT2D eigenvalue weighted by atomic mass is 9.50. The first kappa shape index (κ1) is 17.8. The van der Waals surface area contributed by atoms with Crippen LogP contribution < -0.4 is 5.32 Å². The molecule has 24 heavy (non-hydrogen) atoms. The number of aliphatic hydroxyl groups excluding tert-OH is 1. The highest BCUT2D eigenvalue weighted by Gasteiger charge is 2.50. The van der Waals surface area contributed by atoms with E-state index in [4.69, 9.17) is 4.74 Å². The maximum Gasteiger partial charge on any atom is 0.118 e. The number of allylic oxidation sites excluding steroid dienone is 2. The minimum Gasteiger partial charge on any atom is -0.491 e. The molecule has 3 fully saturated rings. The molecule has 0 aromatic rings. The Labute approximate surface area is 146 Å². The summed E-state index contributed by atoms with van der Waals surface area (Å²) in [6, 6.07) is 0.637. The molecular weight excluding hydrogens is 298 g/mol. The van der Waals surface area contributed by atoms with Crippen LogP contribution in [0.3, 0.4) is 0 Å². The number of ether oxygens (including phenoxy) is 1. The lowest BCUT2D eigenvalue weighted by Gasteiger charge is -2.56. The van der Waals surface area contributed by atoms with Crippen molar-refractivity contribution in [2.45, 2.75) is 58.1 Å². The first-order chi connectivity index (χ1) is 11.4. The van der Waals surface area contributed by atoms with Gasteiger partial charge >= 0.3 is 0 Å². The number of aliphatic hydroxyl groups is 1. The third-order valence-corrected chi connectivity index (χ3v) is 7.22. The standard InChI is InChI=1S/C21H33NO2/c1-13-6-8-18-14(2)19(22-5)10-11-21(18,4)17(13)9-7-16-15(3)24-12-20(16)23/h7,14,17-20,22-23H,1,3,6,8-12H2,2,4-5H3/b16-7-/t14-,17-,18-,19-,20-,21+/m1/s1. The second-order valence-corrected chi connectivity index (χ2v) is 8.30. The average Bonchev–Trinajstić information content (AvgIpc) is 2.86. The van der Waals surface area contributed by atoms with Crippen molar-refractivity contribution in [3.05, 3.63) is 36.1 Å². The van der Waals surface area contributed by atoms with E-state index >= 15 is 0 Å². The molecule has 1 heterocycles. The first-order valence-electron chi connectivity index (χ1n) is 9.43. The highest BCUT2D eigenvalue weighted by atomic mass is 16.5. The van der Waals surface area contributed by atoms with E-state index in [0.717, 1.165) is 24.3 Å². The van der Waals surface area contributed by atoms with E-state index in [9.17, 15) is 5.11 Å². The molecular formula is C21H33NO2. The van der Waals surface area contributed by atoms with Crippen LogP contribution in [0.4, 0.5) is 0 Å². The molecule has 2 saturated carbocycles. The summed E-state index contributed by atoms with van der Waals surface area (Å²) >= 11 is 0. The van der Waals surface area contributed by atoms with Crippen molar-refractivity contribution in [3.63, 3.8) is 0 Å². The molecule has 0 spiro atoms. The number of hydrogen-bond donors (Lipinski definition) is 2. The van der Waals surface area contributed by atoms with Gasteiger partial charge in [-0.05, 0) is 62.3 Å². The maximum absolute atomic E-state index is 10.1. The van der Waals surface area contributed by atoms with Gasteiger partial charge in [0.1, 0.15) is 18.5 Å². The summed E-state index contributed by atoms with van der Waals surface area (Å²) in [4.78, 5) is 0. The molecule has 0 aromatic carbocycles. The van der Waals surface area contributed by atoms with Crippen LogP contribution in [0.2, 0.25) is 0 Å². The first-order valence-corrected chi connectivity index (χ1v) is 9.43. The second kappa shape index (κ2) is 6.68. The van der Waals surface area contributed by atoms with Crippen molar-refractivity contribution in [3.8, 4) is 0 Å². The Kier molecular flexibility index (Phi) is 4.94. The van der Waals surface area contributed by atoms with Gasteiger partial charge in [-0.1, -0.05) is 38.7 Å². The van der Waals surface area contributed by atoms with E-state index in [2.05, 4.69) is 45.4 Å². The largest absolute Gasteiger partial charge is 0.491 e. The molecule has 3 aliphatic rings. The van der Waals surface area contributed by atoms with Crippen molar-refractivity contribution in [1.82, 2.24) is 5.32 Å². The summed E-state index contributed by atoms with van der Waals surface area (Å²) in [5.74, 6) is 2.57. The lowest BCUT2D eigenvalue weighted by molar-refractivity contribution is -0.0180. The van der Waals surface area contributed by atoms with Gasteiger partial charge in [0.25, 0.3) is 0 Å². The molecule has 0 aromatic heterocycles.